The number of nitrogens with two attached hydrogens (primary N) is 1. The van der Waals surface area contributed by atoms with Gasteiger partial charge < -0.3 is 5.73 Å². The summed E-state index contributed by atoms with van der Waals surface area (Å²) < 4.78 is 0. The maximum Gasteiger partial charge on any atom is 0.142 e. The Labute approximate surface area is 76.0 Å². The van der Waals surface area contributed by atoms with Gasteiger partial charge in [0.15, 0.2) is 0 Å². The second kappa shape index (κ2) is 3.36. The Bertz CT molecular complexity index is 389. The lowest BCUT2D eigenvalue weighted by atomic mass is 10.3. The van der Waals surface area contributed by atoms with E-state index in [0.717, 1.165) is 11.0 Å². The van der Waals surface area contributed by atoms with Crippen LogP contribution in [0.3, 0.4) is 0 Å². The largest absolute Gasteiger partial charge is 0.382 e. The fraction of sp³-hybridized carbons (Fsp3) is 0. The number of fused-ring (bicyclic) bond motifs is 1. The summed E-state index contributed by atoms with van der Waals surface area (Å²) in [6.07, 6.45) is 1.56. The van der Waals surface area contributed by atoms with Gasteiger partial charge in [-0.2, -0.15) is 0 Å². The quantitative estimate of drug-likeness (QED) is 0.672. The van der Waals surface area contributed by atoms with Gasteiger partial charge in [0.2, 0.25) is 0 Å². The first-order valence-electron chi connectivity index (χ1n) is 3.33. The second-order valence-electron chi connectivity index (χ2n) is 2.28. The molecule has 62 valence electrons. The average molecular weight is 182 g/mol. The maximum atomic E-state index is 5.45. The van der Waals surface area contributed by atoms with E-state index in [1.165, 1.54) is 0 Å². The summed E-state index contributed by atoms with van der Waals surface area (Å²) in [7, 11) is 0. The van der Waals surface area contributed by atoms with Crippen LogP contribution in [0.2, 0.25) is 0 Å². The van der Waals surface area contributed by atoms with Gasteiger partial charge in [-0.3, -0.25) is 4.98 Å². The predicted octanol–water partition coefficient (Wildman–Crippen LogP) is 1.63. The molecule has 2 aromatic rings. The van der Waals surface area contributed by atoms with Gasteiger partial charge in [0.05, 0.1) is 17.2 Å². The van der Waals surface area contributed by atoms with Gasteiger partial charge in [-0.15, -0.1) is 12.4 Å². The second-order valence-corrected chi connectivity index (χ2v) is 2.28. The lowest BCUT2D eigenvalue weighted by Gasteiger charge is -1.94. The van der Waals surface area contributed by atoms with Gasteiger partial charge in [0.25, 0.3) is 0 Å². The minimum absolute atomic E-state index is 0. The molecule has 12 heavy (non-hydrogen) atoms. The maximum absolute atomic E-state index is 5.45. The zero-order valence-electron chi connectivity index (χ0n) is 6.27. The lowest BCUT2D eigenvalue weighted by molar-refractivity contribution is 1.30. The van der Waals surface area contributed by atoms with E-state index in [1.807, 2.05) is 24.3 Å². The molecule has 0 bridgehead atoms. The van der Waals surface area contributed by atoms with E-state index < -0.39 is 0 Å². The van der Waals surface area contributed by atoms with Gasteiger partial charge in [0.1, 0.15) is 5.82 Å². The molecule has 0 amide bonds. The third-order valence-corrected chi connectivity index (χ3v) is 1.47. The zero-order valence-corrected chi connectivity index (χ0v) is 7.08. The highest BCUT2D eigenvalue weighted by Gasteiger charge is 1.92. The molecule has 0 fully saturated rings. The van der Waals surface area contributed by atoms with Crippen LogP contribution >= 0.6 is 12.4 Å². The molecule has 0 aliphatic carbocycles. The predicted molar refractivity (Wildman–Crippen MR) is 51.2 cm³/mol. The highest BCUT2D eigenvalue weighted by atomic mass is 35.5. The fourth-order valence-corrected chi connectivity index (χ4v) is 0.972. The topological polar surface area (TPSA) is 51.8 Å². The minimum atomic E-state index is 0. The van der Waals surface area contributed by atoms with Crippen molar-refractivity contribution >= 4 is 29.3 Å². The van der Waals surface area contributed by atoms with E-state index in [4.69, 9.17) is 5.73 Å². The summed E-state index contributed by atoms with van der Waals surface area (Å²) in [5.74, 6) is 0.462. The molecule has 3 nitrogen and oxygen atoms in total. The summed E-state index contributed by atoms with van der Waals surface area (Å²) in [5, 5.41) is 0. The molecule has 0 saturated heterocycles. The number of nitrogens with zero attached hydrogens (tertiary/aromatic N) is 2. The van der Waals surface area contributed by atoms with Crippen molar-refractivity contribution in [1.29, 1.82) is 0 Å². The van der Waals surface area contributed by atoms with Crippen molar-refractivity contribution in [2.24, 2.45) is 0 Å². The Balaban J connectivity index is 0.000000720. The van der Waals surface area contributed by atoms with Crippen LogP contribution in [0.25, 0.3) is 11.0 Å². The number of anilines is 1. The average Bonchev–Trinajstić information content (AvgIpc) is 2.04. The van der Waals surface area contributed by atoms with E-state index >= 15 is 0 Å². The van der Waals surface area contributed by atoms with Crippen LogP contribution in [0.4, 0.5) is 5.82 Å². The number of aromatic nitrogens is 2. The van der Waals surface area contributed by atoms with E-state index in [0.29, 0.717) is 5.82 Å². The summed E-state index contributed by atoms with van der Waals surface area (Å²) >= 11 is 0. The van der Waals surface area contributed by atoms with Crippen molar-refractivity contribution in [3.63, 3.8) is 0 Å². The van der Waals surface area contributed by atoms with Crippen LogP contribution in [0.1, 0.15) is 0 Å². The first kappa shape index (κ1) is 8.74. The molecule has 0 radical (unpaired) electrons. The van der Waals surface area contributed by atoms with Crippen LogP contribution in [-0.2, 0) is 0 Å². The van der Waals surface area contributed by atoms with Crippen LogP contribution in [-0.4, -0.2) is 9.97 Å². The standard InChI is InChI=1S/C8H7N3.ClH/c9-8-5-10-6-3-1-2-4-7(6)11-8;/h1-5H,(H2,9,11);1H. The highest BCUT2D eigenvalue weighted by Crippen LogP contribution is 2.08. The Morgan fingerprint density at radius 3 is 2.50 bits per heavy atom. The smallest absolute Gasteiger partial charge is 0.142 e. The molecule has 0 atom stereocenters. The van der Waals surface area contributed by atoms with E-state index in [9.17, 15) is 0 Å². The minimum Gasteiger partial charge on any atom is -0.382 e. The van der Waals surface area contributed by atoms with Crippen molar-refractivity contribution in [3.05, 3.63) is 30.5 Å². The van der Waals surface area contributed by atoms with Gasteiger partial charge in [-0.25, -0.2) is 4.98 Å². The van der Waals surface area contributed by atoms with Gasteiger partial charge in [0, 0.05) is 0 Å². The number of rotatable bonds is 0. The molecule has 0 spiro atoms. The van der Waals surface area contributed by atoms with Crippen molar-refractivity contribution in [1.82, 2.24) is 9.97 Å². The summed E-state index contributed by atoms with van der Waals surface area (Å²) in [4.78, 5) is 8.18. The summed E-state index contributed by atoms with van der Waals surface area (Å²) in [6.45, 7) is 0. The normalized spacial score (nSPS) is 9.33. The molecule has 2 rings (SSSR count). The molecule has 0 saturated carbocycles. The molecule has 2 N–H and O–H groups in total. The number of hydrogen-bond acceptors (Lipinski definition) is 3. The molecule has 0 aliphatic rings. The van der Waals surface area contributed by atoms with Gasteiger partial charge in [-0.1, -0.05) is 12.1 Å². The molecule has 0 aliphatic heterocycles. The molecule has 0 unspecified atom stereocenters. The van der Waals surface area contributed by atoms with Crippen LogP contribution in [0.5, 0.6) is 0 Å². The van der Waals surface area contributed by atoms with Gasteiger partial charge >= 0.3 is 0 Å². The van der Waals surface area contributed by atoms with Crippen molar-refractivity contribution in [3.8, 4) is 0 Å². The molecule has 4 heteroatoms. The first-order valence-corrected chi connectivity index (χ1v) is 3.33. The number of hydrogen-bond donors (Lipinski definition) is 1. The summed E-state index contributed by atoms with van der Waals surface area (Å²) in [5.41, 5.74) is 7.17. The van der Waals surface area contributed by atoms with Crippen molar-refractivity contribution in [2.45, 2.75) is 0 Å². The van der Waals surface area contributed by atoms with Crippen LogP contribution in [0, 0.1) is 0 Å². The van der Waals surface area contributed by atoms with E-state index in [1.54, 1.807) is 6.20 Å². The Kier molecular flexibility index (Phi) is 2.45. The van der Waals surface area contributed by atoms with Crippen LogP contribution < -0.4 is 5.73 Å². The Morgan fingerprint density at radius 2 is 1.75 bits per heavy atom. The Morgan fingerprint density at radius 1 is 1.08 bits per heavy atom. The molecular weight excluding hydrogens is 174 g/mol. The number of halogens is 1. The third-order valence-electron chi connectivity index (χ3n) is 1.47. The van der Waals surface area contributed by atoms with Crippen molar-refractivity contribution < 1.29 is 0 Å². The number of nitrogen functional groups attached to an aromatic ring is 1. The first-order chi connectivity index (χ1) is 5.36. The molecule has 1 heterocycles. The number of para-hydroxylation sites is 2. The molecular formula is C8H8ClN3. The number of benzene rings is 1. The Hall–Kier alpha value is -1.35. The van der Waals surface area contributed by atoms with Gasteiger partial charge in [-0.05, 0) is 12.1 Å². The molecule has 1 aromatic heterocycles. The summed E-state index contributed by atoms with van der Waals surface area (Å²) in [6, 6.07) is 7.63. The van der Waals surface area contributed by atoms with E-state index in [-0.39, 0.29) is 12.4 Å². The monoisotopic (exact) mass is 181 g/mol. The molecule has 1 aromatic carbocycles. The van der Waals surface area contributed by atoms with Crippen LogP contribution in [0.15, 0.2) is 30.5 Å². The third kappa shape index (κ3) is 1.46. The van der Waals surface area contributed by atoms with Crippen molar-refractivity contribution in [2.75, 3.05) is 5.73 Å². The highest BCUT2D eigenvalue weighted by molar-refractivity contribution is 5.85. The SMILES string of the molecule is Cl.Nc1cnc2ccccc2n1. The fourth-order valence-electron chi connectivity index (χ4n) is 0.972. The lowest BCUT2D eigenvalue weighted by Crippen LogP contribution is -1.91. The zero-order chi connectivity index (χ0) is 7.68. The van der Waals surface area contributed by atoms with E-state index in [2.05, 4.69) is 9.97 Å².